The van der Waals surface area contributed by atoms with E-state index in [1.165, 1.54) is 19.4 Å². The number of nitrogens with two attached hydrogens (primary N) is 1. The van der Waals surface area contributed by atoms with E-state index in [2.05, 4.69) is 11.9 Å². The van der Waals surface area contributed by atoms with E-state index in [9.17, 15) is 0 Å². The molecule has 0 bridgehead atoms. The zero-order valence-electron chi connectivity index (χ0n) is 11.2. The topological polar surface area (TPSA) is 47.7 Å². The summed E-state index contributed by atoms with van der Waals surface area (Å²) in [7, 11) is 3.81. The van der Waals surface area contributed by atoms with Crippen LogP contribution in [0.15, 0.2) is 18.2 Å². The number of methoxy groups -OCH3 is 1. The predicted octanol–water partition coefficient (Wildman–Crippen LogP) is 2.14. The van der Waals surface area contributed by atoms with Crippen molar-refractivity contribution in [3.63, 3.8) is 0 Å². The maximum Gasteiger partial charge on any atom is 0.125 e. The molecule has 0 amide bonds. The first kappa shape index (κ1) is 13.0. The Balaban J connectivity index is 1.84. The van der Waals surface area contributed by atoms with Crippen molar-refractivity contribution in [2.45, 2.75) is 25.3 Å². The average molecular weight is 250 g/mol. The second-order valence-electron chi connectivity index (χ2n) is 4.86. The SMILES string of the molecule is COc1cc(N)cc(OCCC2CCCN2C)c1. The summed E-state index contributed by atoms with van der Waals surface area (Å²) in [6, 6.07) is 6.15. The summed E-state index contributed by atoms with van der Waals surface area (Å²) in [4.78, 5) is 2.41. The molecule has 1 aliphatic heterocycles. The van der Waals surface area contributed by atoms with Crippen LogP contribution in [0.3, 0.4) is 0 Å². The van der Waals surface area contributed by atoms with Gasteiger partial charge in [0.1, 0.15) is 11.5 Å². The Morgan fingerprint density at radius 3 is 2.78 bits per heavy atom. The van der Waals surface area contributed by atoms with Crippen molar-refractivity contribution in [2.24, 2.45) is 0 Å². The third-order valence-electron chi connectivity index (χ3n) is 3.53. The number of anilines is 1. The molecule has 1 aromatic carbocycles. The van der Waals surface area contributed by atoms with Crippen LogP contribution in [-0.2, 0) is 0 Å². The second-order valence-corrected chi connectivity index (χ2v) is 4.86. The van der Waals surface area contributed by atoms with Gasteiger partial charge in [-0.15, -0.1) is 0 Å². The van der Waals surface area contributed by atoms with E-state index in [1.807, 2.05) is 12.1 Å². The molecule has 1 fully saturated rings. The minimum Gasteiger partial charge on any atom is -0.497 e. The van der Waals surface area contributed by atoms with Gasteiger partial charge in [-0.25, -0.2) is 0 Å². The van der Waals surface area contributed by atoms with Gasteiger partial charge in [0.15, 0.2) is 0 Å². The molecule has 0 aromatic heterocycles. The van der Waals surface area contributed by atoms with E-state index in [-0.39, 0.29) is 0 Å². The van der Waals surface area contributed by atoms with E-state index >= 15 is 0 Å². The Bertz CT molecular complexity index is 395. The summed E-state index contributed by atoms with van der Waals surface area (Å²) in [6.45, 7) is 1.93. The molecule has 18 heavy (non-hydrogen) atoms. The molecule has 1 heterocycles. The first-order valence-electron chi connectivity index (χ1n) is 6.46. The smallest absolute Gasteiger partial charge is 0.125 e. The minimum absolute atomic E-state index is 0.660. The standard InChI is InChI=1S/C14H22N2O2/c1-16-6-3-4-12(16)5-7-18-14-9-11(15)8-13(10-14)17-2/h8-10,12H,3-7,15H2,1-2H3. The van der Waals surface area contributed by atoms with Crippen molar-refractivity contribution in [1.82, 2.24) is 4.90 Å². The summed E-state index contributed by atoms with van der Waals surface area (Å²) in [5, 5.41) is 0. The fourth-order valence-corrected chi connectivity index (χ4v) is 2.45. The highest BCUT2D eigenvalue weighted by atomic mass is 16.5. The monoisotopic (exact) mass is 250 g/mol. The third kappa shape index (κ3) is 3.29. The highest BCUT2D eigenvalue weighted by molar-refractivity contribution is 5.50. The Hall–Kier alpha value is -1.42. The van der Waals surface area contributed by atoms with Gasteiger partial charge in [-0.1, -0.05) is 0 Å². The minimum atomic E-state index is 0.660. The summed E-state index contributed by atoms with van der Waals surface area (Å²) < 4.78 is 10.9. The van der Waals surface area contributed by atoms with E-state index in [4.69, 9.17) is 15.2 Å². The molecule has 2 rings (SSSR count). The number of hydrogen-bond acceptors (Lipinski definition) is 4. The van der Waals surface area contributed by atoms with Crippen molar-refractivity contribution >= 4 is 5.69 Å². The Kier molecular flexibility index (Phi) is 4.31. The first-order valence-corrected chi connectivity index (χ1v) is 6.46. The number of nitrogens with zero attached hydrogens (tertiary/aromatic N) is 1. The second kappa shape index (κ2) is 5.96. The molecule has 1 unspecified atom stereocenters. The van der Waals surface area contributed by atoms with Crippen LogP contribution in [0.4, 0.5) is 5.69 Å². The van der Waals surface area contributed by atoms with Gasteiger partial charge in [0.2, 0.25) is 0 Å². The van der Waals surface area contributed by atoms with Crippen LogP contribution < -0.4 is 15.2 Å². The number of likely N-dealkylation sites (tertiary alicyclic amines) is 1. The van der Waals surface area contributed by atoms with Crippen molar-refractivity contribution < 1.29 is 9.47 Å². The van der Waals surface area contributed by atoms with Crippen molar-refractivity contribution in [3.8, 4) is 11.5 Å². The highest BCUT2D eigenvalue weighted by Crippen LogP contribution is 2.25. The highest BCUT2D eigenvalue weighted by Gasteiger charge is 2.20. The molecule has 4 heteroatoms. The molecule has 4 nitrogen and oxygen atoms in total. The Labute approximate surface area is 109 Å². The largest absolute Gasteiger partial charge is 0.497 e. The Morgan fingerprint density at radius 1 is 1.33 bits per heavy atom. The summed E-state index contributed by atoms with van der Waals surface area (Å²) in [6.07, 6.45) is 3.64. The summed E-state index contributed by atoms with van der Waals surface area (Å²) in [5.74, 6) is 1.52. The van der Waals surface area contributed by atoms with E-state index in [1.54, 1.807) is 13.2 Å². The number of ether oxygens (including phenoxy) is 2. The normalized spacial score (nSPS) is 20.0. The van der Waals surface area contributed by atoms with Gasteiger partial charge >= 0.3 is 0 Å². The number of nitrogen functional groups attached to an aromatic ring is 1. The van der Waals surface area contributed by atoms with Crippen LogP contribution in [-0.4, -0.2) is 38.3 Å². The number of benzene rings is 1. The molecular formula is C14H22N2O2. The van der Waals surface area contributed by atoms with Crippen molar-refractivity contribution in [2.75, 3.05) is 33.0 Å². The van der Waals surface area contributed by atoms with Gasteiger partial charge in [0.25, 0.3) is 0 Å². The molecule has 1 saturated heterocycles. The van der Waals surface area contributed by atoms with Crippen LogP contribution >= 0.6 is 0 Å². The average Bonchev–Trinajstić information content (AvgIpc) is 2.74. The molecule has 0 radical (unpaired) electrons. The molecule has 100 valence electrons. The van der Waals surface area contributed by atoms with Crippen LogP contribution in [0.25, 0.3) is 0 Å². The zero-order chi connectivity index (χ0) is 13.0. The molecule has 0 saturated carbocycles. The summed E-state index contributed by atoms with van der Waals surface area (Å²) >= 11 is 0. The van der Waals surface area contributed by atoms with Crippen LogP contribution in [0.2, 0.25) is 0 Å². The number of rotatable bonds is 5. The molecule has 1 aliphatic rings. The van der Waals surface area contributed by atoms with Crippen molar-refractivity contribution in [3.05, 3.63) is 18.2 Å². The van der Waals surface area contributed by atoms with Crippen LogP contribution in [0.1, 0.15) is 19.3 Å². The predicted molar refractivity (Wildman–Crippen MR) is 73.2 cm³/mol. The van der Waals surface area contributed by atoms with Gasteiger partial charge in [0, 0.05) is 29.9 Å². The number of hydrogen-bond donors (Lipinski definition) is 1. The van der Waals surface area contributed by atoms with Crippen LogP contribution in [0.5, 0.6) is 11.5 Å². The molecule has 0 spiro atoms. The quantitative estimate of drug-likeness (QED) is 0.813. The molecule has 1 atom stereocenters. The fraction of sp³-hybridized carbons (Fsp3) is 0.571. The van der Waals surface area contributed by atoms with Gasteiger partial charge in [-0.05, 0) is 32.9 Å². The molecule has 2 N–H and O–H groups in total. The third-order valence-corrected chi connectivity index (χ3v) is 3.53. The molecule has 0 aliphatic carbocycles. The van der Waals surface area contributed by atoms with Crippen LogP contribution in [0, 0.1) is 0 Å². The summed E-state index contributed by atoms with van der Waals surface area (Å²) in [5.41, 5.74) is 6.45. The van der Waals surface area contributed by atoms with E-state index < -0.39 is 0 Å². The fourth-order valence-electron chi connectivity index (χ4n) is 2.45. The van der Waals surface area contributed by atoms with Gasteiger partial charge in [0.05, 0.1) is 13.7 Å². The van der Waals surface area contributed by atoms with Gasteiger partial charge in [-0.3, -0.25) is 0 Å². The molecule has 1 aromatic rings. The first-order chi connectivity index (χ1) is 8.69. The zero-order valence-corrected chi connectivity index (χ0v) is 11.2. The lowest BCUT2D eigenvalue weighted by molar-refractivity contribution is 0.233. The van der Waals surface area contributed by atoms with Gasteiger partial charge < -0.3 is 20.1 Å². The maximum absolute atomic E-state index is 5.78. The molecular weight excluding hydrogens is 228 g/mol. The Morgan fingerprint density at radius 2 is 2.11 bits per heavy atom. The van der Waals surface area contributed by atoms with E-state index in [0.29, 0.717) is 11.7 Å². The lowest BCUT2D eigenvalue weighted by atomic mass is 10.1. The lowest BCUT2D eigenvalue weighted by Gasteiger charge is -2.19. The lowest BCUT2D eigenvalue weighted by Crippen LogP contribution is -2.26. The van der Waals surface area contributed by atoms with Gasteiger partial charge in [-0.2, -0.15) is 0 Å². The van der Waals surface area contributed by atoms with E-state index in [0.717, 1.165) is 24.5 Å². The maximum atomic E-state index is 5.78. The van der Waals surface area contributed by atoms with Crippen molar-refractivity contribution in [1.29, 1.82) is 0 Å².